The Morgan fingerprint density at radius 3 is 1.31 bits per heavy atom. The van der Waals surface area contributed by atoms with Crippen molar-refractivity contribution in [2.45, 2.75) is 53.4 Å². The summed E-state index contributed by atoms with van der Waals surface area (Å²) >= 11 is 0. The molecule has 36 heavy (non-hydrogen) atoms. The lowest BCUT2D eigenvalue weighted by atomic mass is 10.1. The van der Waals surface area contributed by atoms with Crippen LogP contribution in [0.15, 0.2) is 36.4 Å². The minimum Gasteiger partial charge on any atom is -0.368 e. The highest BCUT2D eigenvalue weighted by atomic mass is 16.2. The van der Waals surface area contributed by atoms with Crippen LogP contribution in [0.5, 0.6) is 0 Å². The number of carbonyl (C=O) groups excluding carboxylic acids is 2. The number of benzene rings is 2. The van der Waals surface area contributed by atoms with Gasteiger partial charge in [0.25, 0.3) is 0 Å². The number of piperazine rings is 2. The largest absolute Gasteiger partial charge is 0.368 e. The molecule has 6 heteroatoms. The Hall–Kier alpha value is -3.02. The second-order valence-corrected chi connectivity index (χ2v) is 10.4. The molecular weight excluding hydrogens is 448 g/mol. The van der Waals surface area contributed by atoms with E-state index in [0.29, 0.717) is 12.8 Å². The number of unbranched alkanes of at least 4 members (excludes halogenated alkanes) is 1. The van der Waals surface area contributed by atoms with E-state index in [1.165, 1.54) is 33.6 Å². The molecule has 0 spiro atoms. The van der Waals surface area contributed by atoms with Crippen molar-refractivity contribution in [1.29, 1.82) is 0 Å². The maximum atomic E-state index is 12.7. The van der Waals surface area contributed by atoms with E-state index in [9.17, 15) is 9.59 Å². The summed E-state index contributed by atoms with van der Waals surface area (Å²) < 4.78 is 0. The molecule has 4 rings (SSSR count). The average Bonchev–Trinajstić information content (AvgIpc) is 2.90. The highest BCUT2D eigenvalue weighted by Gasteiger charge is 2.24. The van der Waals surface area contributed by atoms with Crippen LogP contribution in [0, 0.1) is 27.7 Å². The van der Waals surface area contributed by atoms with Gasteiger partial charge in [0.1, 0.15) is 0 Å². The van der Waals surface area contributed by atoms with E-state index < -0.39 is 0 Å². The van der Waals surface area contributed by atoms with Gasteiger partial charge in [0, 0.05) is 76.6 Å². The third kappa shape index (κ3) is 6.03. The van der Waals surface area contributed by atoms with Gasteiger partial charge in [-0.1, -0.05) is 24.3 Å². The minimum absolute atomic E-state index is 0.227. The van der Waals surface area contributed by atoms with Crippen molar-refractivity contribution in [2.24, 2.45) is 0 Å². The van der Waals surface area contributed by atoms with Gasteiger partial charge in [-0.25, -0.2) is 0 Å². The zero-order valence-corrected chi connectivity index (χ0v) is 22.6. The number of rotatable bonds is 7. The molecule has 2 aliphatic rings. The third-order valence-electron chi connectivity index (χ3n) is 8.13. The fourth-order valence-electron chi connectivity index (χ4n) is 5.42. The summed E-state index contributed by atoms with van der Waals surface area (Å²) in [6, 6.07) is 12.9. The number of hydrogen-bond acceptors (Lipinski definition) is 4. The Labute approximate surface area is 216 Å². The minimum atomic E-state index is 0.227. The molecule has 2 aliphatic heterocycles. The predicted molar refractivity (Wildman–Crippen MR) is 148 cm³/mol. The van der Waals surface area contributed by atoms with Crippen LogP contribution >= 0.6 is 0 Å². The number of nitrogens with zero attached hydrogens (tertiary/aromatic N) is 4. The molecule has 194 valence electrons. The zero-order valence-electron chi connectivity index (χ0n) is 22.6. The quantitative estimate of drug-likeness (QED) is 0.537. The second-order valence-electron chi connectivity index (χ2n) is 10.4. The Bertz CT molecular complexity index is 981. The number of hydrogen-bond donors (Lipinski definition) is 0. The summed E-state index contributed by atoms with van der Waals surface area (Å²) in [6.07, 6.45) is 2.64. The average molecular weight is 491 g/mol. The lowest BCUT2D eigenvalue weighted by Gasteiger charge is -2.37. The number of anilines is 2. The first-order valence-corrected chi connectivity index (χ1v) is 13.5. The van der Waals surface area contributed by atoms with Gasteiger partial charge in [0.05, 0.1) is 0 Å². The molecular formula is C30H42N4O2. The van der Waals surface area contributed by atoms with E-state index in [2.05, 4.69) is 73.9 Å². The summed E-state index contributed by atoms with van der Waals surface area (Å²) in [6.45, 7) is 15.3. The van der Waals surface area contributed by atoms with Gasteiger partial charge in [-0.3, -0.25) is 9.59 Å². The summed E-state index contributed by atoms with van der Waals surface area (Å²) in [5, 5.41) is 0. The van der Waals surface area contributed by atoms with E-state index in [-0.39, 0.29) is 11.8 Å². The Balaban J connectivity index is 1.14. The van der Waals surface area contributed by atoms with Crippen molar-refractivity contribution >= 4 is 23.2 Å². The van der Waals surface area contributed by atoms with Crippen LogP contribution < -0.4 is 9.80 Å². The predicted octanol–water partition coefficient (Wildman–Crippen LogP) is 4.48. The van der Waals surface area contributed by atoms with Crippen molar-refractivity contribution in [3.05, 3.63) is 58.7 Å². The monoisotopic (exact) mass is 490 g/mol. The van der Waals surface area contributed by atoms with Gasteiger partial charge in [-0.05, 0) is 74.9 Å². The lowest BCUT2D eigenvalue weighted by molar-refractivity contribution is -0.133. The fraction of sp³-hybridized carbons (Fsp3) is 0.533. The van der Waals surface area contributed by atoms with E-state index in [1.807, 2.05) is 9.80 Å². The first kappa shape index (κ1) is 26.1. The first-order chi connectivity index (χ1) is 17.3. The molecule has 0 aromatic heterocycles. The van der Waals surface area contributed by atoms with E-state index in [1.54, 1.807) is 0 Å². The molecule has 2 heterocycles. The van der Waals surface area contributed by atoms with Crippen LogP contribution in [0.1, 0.15) is 47.9 Å². The molecule has 2 fully saturated rings. The molecule has 0 radical (unpaired) electrons. The molecule has 0 saturated carbocycles. The molecule has 2 saturated heterocycles. The maximum absolute atomic E-state index is 12.7. The van der Waals surface area contributed by atoms with Crippen molar-refractivity contribution in [3.8, 4) is 0 Å². The molecule has 2 aromatic carbocycles. The molecule has 0 aliphatic carbocycles. The molecule has 6 nitrogen and oxygen atoms in total. The highest BCUT2D eigenvalue weighted by molar-refractivity contribution is 5.78. The fourth-order valence-corrected chi connectivity index (χ4v) is 5.42. The molecule has 0 unspecified atom stereocenters. The Morgan fingerprint density at radius 2 is 0.944 bits per heavy atom. The Morgan fingerprint density at radius 1 is 0.583 bits per heavy atom. The molecule has 0 N–H and O–H groups in total. The van der Waals surface area contributed by atoms with Crippen LogP contribution in [0.25, 0.3) is 0 Å². The number of carbonyl (C=O) groups is 2. The first-order valence-electron chi connectivity index (χ1n) is 13.5. The van der Waals surface area contributed by atoms with Crippen molar-refractivity contribution in [3.63, 3.8) is 0 Å². The standard InChI is InChI=1S/C30H42N4O2/c1-23-9-7-11-27(25(23)3)31-15-19-33(20-16-31)29(35)13-5-6-14-30(36)34-21-17-32(18-22-34)28-12-8-10-24(2)26(28)4/h7-12H,5-6,13-22H2,1-4H3. The number of amides is 2. The van der Waals surface area contributed by atoms with Gasteiger partial charge >= 0.3 is 0 Å². The van der Waals surface area contributed by atoms with Gasteiger partial charge in [0.2, 0.25) is 11.8 Å². The Kier molecular flexibility index (Phi) is 8.55. The van der Waals surface area contributed by atoms with Crippen LogP contribution in [0.2, 0.25) is 0 Å². The smallest absolute Gasteiger partial charge is 0.222 e. The second kappa shape index (κ2) is 11.8. The van der Waals surface area contributed by atoms with Crippen LogP contribution in [-0.2, 0) is 9.59 Å². The topological polar surface area (TPSA) is 47.1 Å². The van der Waals surface area contributed by atoms with Crippen LogP contribution in [0.4, 0.5) is 11.4 Å². The summed E-state index contributed by atoms with van der Waals surface area (Å²) in [5.74, 6) is 0.454. The third-order valence-corrected chi connectivity index (χ3v) is 8.13. The van der Waals surface area contributed by atoms with Crippen LogP contribution in [-0.4, -0.2) is 74.0 Å². The molecule has 2 amide bonds. The maximum Gasteiger partial charge on any atom is 0.222 e. The van der Waals surface area contributed by atoms with Crippen molar-refractivity contribution in [1.82, 2.24) is 9.80 Å². The summed E-state index contributed by atoms with van der Waals surface area (Å²) in [4.78, 5) is 34.3. The summed E-state index contributed by atoms with van der Waals surface area (Å²) in [5.41, 5.74) is 7.85. The molecule has 0 bridgehead atoms. The van der Waals surface area contributed by atoms with Gasteiger partial charge in [-0.2, -0.15) is 0 Å². The SMILES string of the molecule is Cc1cccc(N2CCN(C(=O)CCCCC(=O)N3CCN(c4cccc(C)c4C)CC3)CC2)c1C. The van der Waals surface area contributed by atoms with E-state index in [0.717, 1.165) is 65.2 Å². The lowest BCUT2D eigenvalue weighted by Crippen LogP contribution is -2.49. The summed E-state index contributed by atoms with van der Waals surface area (Å²) in [7, 11) is 0. The molecule has 0 atom stereocenters. The van der Waals surface area contributed by atoms with E-state index >= 15 is 0 Å². The van der Waals surface area contributed by atoms with Crippen molar-refractivity contribution in [2.75, 3.05) is 62.2 Å². The van der Waals surface area contributed by atoms with Crippen molar-refractivity contribution < 1.29 is 9.59 Å². The zero-order chi connectivity index (χ0) is 25.7. The number of aryl methyl sites for hydroxylation is 2. The van der Waals surface area contributed by atoms with Crippen LogP contribution in [0.3, 0.4) is 0 Å². The van der Waals surface area contributed by atoms with Gasteiger partial charge < -0.3 is 19.6 Å². The van der Waals surface area contributed by atoms with E-state index in [4.69, 9.17) is 0 Å². The normalized spacial score (nSPS) is 16.4. The van der Waals surface area contributed by atoms with Gasteiger partial charge in [0.15, 0.2) is 0 Å². The molecule has 2 aromatic rings. The van der Waals surface area contributed by atoms with Gasteiger partial charge in [-0.15, -0.1) is 0 Å². The highest BCUT2D eigenvalue weighted by Crippen LogP contribution is 2.25.